The predicted octanol–water partition coefficient (Wildman–Crippen LogP) is 3.07. The maximum atomic E-state index is 6.00. The van der Waals surface area contributed by atoms with E-state index in [0.29, 0.717) is 0 Å². The summed E-state index contributed by atoms with van der Waals surface area (Å²) in [6.45, 7) is 5.79. The van der Waals surface area contributed by atoms with Gasteiger partial charge in [0.1, 0.15) is 0 Å². The Labute approximate surface area is 128 Å². The molecule has 2 aromatic rings. The van der Waals surface area contributed by atoms with Crippen molar-refractivity contribution in [1.29, 1.82) is 0 Å². The minimum Gasteiger partial charge on any atom is -0.379 e. The Bertz CT molecular complexity index is 645. The number of imidazole rings is 1. The van der Waals surface area contributed by atoms with Crippen LogP contribution in [0.2, 0.25) is 5.02 Å². The predicted molar refractivity (Wildman–Crippen MR) is 84.0 cm³/mol. The van der Waals surface area contributed by atoms with E-state index in [1.807, 2.05) is 18.2 Å². The number of morpholine rings is 1. The van der Waals surface area contributed by atoms with E-state index in [0.717, 1.165) is 66.6 Å². The third-order valence-electron chi connectivity index (χ3n) is 3.70. The molecule has 3 rings (SSSR count). The highest BCUT2D eigenvalue weighted by Crippen LogP contribution is 2.19. The fraction of sp³-hybridized carbons (Fsp3) is 0.500. The van der Waals surface area contributed by atoms with E-state index in [2.05, 4.69) is 14.5 Å². The van der Waals surface area contributed by atoms with Crippen LogP contribution in [0.5, 0.6) is 0 Å². The van der Waals surface area contributed by atoms with Gasteiger partial charge >= 0.3 is 0 Å². The number of hydrogen-bond acceptors (Lipinski definition) is 3. The summed E-state index contributed by atoms with van der Waals surface area (Å²) in [6.07, 6.45) is 1.09. The largest absolute Gasteiger partial charge is 0.379 e. The van der Waals surface area contributed by atoms with Gasteiger partial charge in [-0.05, 0) is 36.8 Å². The normalized spacial score (nSPS) is 16.9. The zero-order valence-corrected chi connectivity index (χ0v) is 12.8. The van der Waals surface area contributed by atoms with Crippen LogP contribution >= 0.6 is 23.8 Å². The molecular formula is C14H18ClN3OS. The van der Waals surface area contributed by atoms with Crippen LogP contribution in [0.1, 0.15) is 6.42 Å². The van der Waals surface area contributed by atoms with Crippen LogP contribution in [-0.4, -0.2) is 47.3 Å². The van der Waals surface area contributed by atoms with Crippen LogP contribution in [0.4, 0.5) is 0 Å². The Kier molecular flexibility index (Phi) is 4.41. The van der Waals surface area contributed by atoms with Crippen molar-refractivity contribution >= 4 is 34.9 Å². The van der Waals surface area contributed by atoms with E-state index in [9.17, 15) is 0 Å². The van der Waals surface area contributed by atoms with Crippen LogP contribution in [0.25, 0.3) is 11.0 Å². The van der Waals surface area contributed by atoms with E-state index in [1.165, 1.54) is 0 Å². The molecule has 1 aliphatic heterocycles. The molecule has 1 fully saturated rings. The van der Waals surface area contributed by atoms with Crippen LogP contribution in [0.3, 0.4) is 0 Å². The van der Waals surface area contributed by atoms with Crippen molar-refractivity contribution in [3.63, 3.8) is 0 Å². The number of ether oxygens (including phenoxy) is 1. The lowest BCUT2D eigenvalue weighted by Gasteiger charge is -2.26. The van der Waals surface area contributed by atoms with Gasteiger partial charge in [-0.15, -0.1) is 0 Å². The molecule has 1 N–H and O–H groups in total. The van der Waals surface area contributed by atoms with Crippen molar-refractivity contribution in [2.75, 3.05) is 32.8 Å². The Morgan fingerprint density at radius 2 is 2.05 bits per heavy atom. The number of aromatic nitrogens is 2. The molecule has 20 heavy (non-hydrogen) atoms. The van der Waals surface area contributed by atoms with Gasteiger partial charge < -0.3 is 14.3 Å². The first-order valence-corrected chi connectivity index (χ1v) is 7.71. The lowest BCUT2D eigenvalue weighted by atomic mass is 10.3. The van der Waals surface area contributed by atoms with Crippen molar-refractivity contribution in [3.8, 4) is 0 Å². The molecule has 0 spiro atoms. The Morgan fingerprint density at radius 3 is 2.85 bits per heavy atom. The monoisotopic (exact) mass is 311 g/mol. The molecule has 4 nitrogen and oxygen atoms in total. The number of nitrogens with zero attached hydrogens (tertiary/aromatic N) is 2. The summed E-state index contributed by atoms with van der Waals surface area (Å²) < 4.78 is 8.28. The number of benzene rings is 1. The average Bonchev–Trinajstić information content (AvgIpc) is 2.75. The number of aromatic amines is 1. The molecular weight excluding hydrogens is 294 g/mol. The van der Waals surface area contributed by atoms with Crippen molar-refractivity contribution < 1.29 is 4.74 Å². The van der Waals surface area contributed by atoms with Gasteiger partial charge in [-0.2, -0.15) is 0 Å². The smallest absolute Gasteiger partial charge is 0.178 e. The summed E-state index contributed by atoms with van der Waals surface area (Å²) in [7, 11) is 0. The maximum absolute atomic E-state index is 6.00. The summed E-state index contributed by atoms with van der Waals surface area (Å²) in [5.74, 6) is 0. The first-order valence-electron chi connectivity index (χ1n) is 6.92. The van der Waals surface area contributed by atoms with Crippen molar-refractivity contribution in [2.24, 2.45) is 0 Å². The molecule has 0 amide bonds. The van der Waals surface area contributed by atoms with Gasteiger partial charge in [-0.25, -0.2) is 0 Å². The molecule has 0 unspecified atom stereocenters. The highest BCUT2D eigenvalue weighted by molar-refractivity contribution is 7.71. The van der Waals surface area contributed by atoms with Gasteiger partial charge in [-0.3, -0.25) is 4.90 Å². The van der Waals surface area contributed by atoms with Gasteiger partial charge in [0.15, 0.2) is 4.77 Å². The molecule has 1 saturated heterocycles. The average molecular weight is 312 g/mol. The zero-order chi connectivity index (χ0) is 13.9. The second-order valence-electron chi connectivity index (χ2n) is 5.05. The molecule has 0 radical (unpaired) electrons. The molecule has 0 aliphatic carbocycles. The second-order valence-corrected chi connectivity index (χ2v) is 5.87. The standard InChI is InChI=1S/C14H18ClN3OS/c15-11-2-3-13-12(10-11)16-14(20)18(13)5-1-4-17-6-8-19-9-7-17/h2-3,10H,1,4-9H2,(H,16,20). The Morgan fingerprint density at radius 1 is 1.25 bits per heavy atom. The van der Waals surface area contributed by atoms with E-state index in [4.69, 9.17) is 28.6 Å². The minimum atomic E-state index is 0.731. The van der Waals surface area contributed by atoms with Crippen molar-refractivity contribution in [1.82, 2.24) is 14.5 Å². The molecule has 1 aromatic carbocycles. The van der Waals surface area contributed by atoms with Crippen LogP contribution in [-0.2, 0) is 11.3 Å². The number of halogens is 1. The molecule has 1 aliphatic rings. The molecule has 0 bridgehead atoms. The minimum absolute atomic E-state index is 0.731. The van der Waals surface area contributed by atoms with Crippen molar-refractivity contribution in [3.05, 3.63) is 28.0 Å². The SMILES string of the molecule is S=c1[nH]c2cc(Cl)ccc2n1CCCN1CCOCC1. The van der Waals surface area contributed by atoms with Crippen LogP contribution < -0.4 is 0 Å². The first-order chi connectivity index (χ1) is 9.74. The lowest BCUT2D eigenvalue weighted by Crippen LogP contribution is -2.37. The summed E-state index contributed by atoms with van der Waals surface area (Å²) >= 11 is 11.4. The quantitative estimate of drug-likeness (QED) is 0.881. The number of aryl methyl sites for hydroxylation is 1. The van der Waals surface area contributed by atoms with E-state index >= 15 is 0 Å². The molecule has 2 heterocycles. The number of hydrogen-bond donors (Lipinski definition) is 1. The number of rotatable bonds is 4. The molecule has 0 atom stereocenters. The Balaban J connectivity index is 1.68. The summed E-state index contributed by atoms with van der Waals surface area (Å²) in [5.41, 5.74) is 2.13. The van der Waals surface area contributed by atoms with Gasteiger partial charge in [0.2, 0.25) is 0 Å². The third kappa shape index (κ3) is 3.06. The summed E-state index contributed by atoms with van der Waals surface area (Å²) in [6, 6.07) is 5.86. The highest BCUT2D eigenvalue weighted by atomic mass is 35.5. The number of H-pyrrole nitrogens is 1. The number of nitrogens with one attached hydrogen (secondary N) is 1. The highest BCUT2D eigenvalue weighted by Gasteiger charge is 2.10. The van der Waals surface area contributed by atoms with Crippen LogP contribution in [0.15, 0.2) is 18.2 Å². The van der Waals surface area contributed by atoms with E-state index in [-0.39, 0.29) is 0 Å². The first kappa shape index (κ1) is 14.1. The maximum Gasteiger partial charge on any atom is 0.178 e. The van der Waals surface area contributed by atoms with E-state index < -0.39 is 0 Å². The molecule has 0 saturated carbocycles. The lowest BCUT2D eigenvalue weighted by molar-refractivity contribution is 0.0369. The van der Waals surface area contributed by atoms with Gasteiger partial charge in [0.05, 0.1) is 24.2 Å². The fourth-order valence-corrected chi connectivity index (χ4v) is 3.11. The molecule has 6 heteroatoms. The zero-order valence-electron chi connectivity index (χ0n) is 11.3. The summed E-state index contributed by atoms with van der Waals surface area (Å²) in [4.78, 5) is 5.66. The van der Waals surface area contributed by atoms with Crippen LogP contribution in [0, 0.1) is 4.77 Å². The van der Waals surface area contributed by atoms with Crippen molar-refractivity contribution in [2.45, 2.75) is 13.0 Å². The second kappa shape index (κ2) is 6.26. The van der Waals surface area contributed by atoms with Gasteiger partial charge in [0.25, 0.3) is 0 Å². The molecule has 1 aromatic heterocycles. The molecule has 108 valence electrons. The van der Waals surface area contributed by atoms with Gasteiger partial charge in [0, 0.05) is 31.2 Å². The van der Waals surface area contributed by atoms with Gasteiger partial charge in [-0.1, -0.05) is 11.6 Å². The summed E-state index contributed by atoms with van der Waals surface area (Å²) in [5, 5.41) is 0.731. The fourth-order valence-electron chi connectivity index (χ4n) is 2.64. The number of fused-ring (bicyclic) bond motifs is 1. The third-order valence-corrected chi connectivity index (χ3v) is 4.25. The Hall–Kier alpha value is -0.880. The topological polar surface area (TPSA) is 33.2 Å². The van der Waals surface area contributed by atoms with E-state index in [1.54, 1.807) is 0 Å².